The molecular weight excluding hydrogens is 508 g/mol. The van der Waals surface area contributed by atoms with E-state index in [1.54, 1.807) is 0 Å². The predicted molar refractivity (Wildman–Crippen MR) is 129 cm³/mol. The molecule has 0 bridgehead atoms. The summed E-state index contributed by atoms with van der Waals surface area (Å²) in [6, 6.07) is 10.2. The van der Waals surface area contributed by atoms with Crippen LogP contribution in [-0.4, -0.2) is 11.9 Å². The van der Waals surface area contributed by atoms with Crippen molar-refractivity contribution in [3.63, 3.8) is 0 Å². The van der Waals surface area contributed by atoms with Crippen molar-refractivity contribution in [2.24, 2.45) is 0 Å². The molecule has 3 aromatic carbocycles. The van der Waals surface area contributed by atoms with Gasteiger partial charge in [-0.25, -0.2) is 22.8 Å². The van der Waals surface area contributed by atoms with Crippen molar-refractivity contribution in [3.05, 3.63) is 122 Å². The van der Waals surface area contributed by atoms with Crippen LogP contribution in [0.25, 0.3) is 22.3 Å². The quantitative estimate of drug-likeness (QED) is 0.126. The Labute approximate surface area is 214 Å². The summed E-state index contributed by atoms with van der Waals surface area (Å²) < 4.78 is 78.2. The van der Waals surface area contributed by atoms with Gasteiger partial charge in [-0.15, -0.1) is 0 Å². The van der Waals surface area contributed by atoms with Crippen LogP contribution in [0, 0.1) is 23.3 Å². The number of esters is 2. The molecule has 0 saturated carbocycles. The van der Waals surface area contributed by atoms with E-state index >= 15 is 0 Å². The zero-order valence-corrected chi connectivity index (χ0v) is 19.5. The maximum Gasteiger partial charge on any atom is 0.335 e. The number of benzene rings is 3. The molecule has 0 aliphatic heterocycles. The van der Waals surface area contributed by atoms with Crippen molar-refractivity contribution in [1.29, 1.82) is 0 Å². The van der Waals surface area contributed by atoms with Crippen LogP contribution < -0.4 is 9.47 Å². The van der Waals surface area contributed by atoms with Gasteiger partial charge in [0, 0.05) is 28.8 Å². The van der Waals surface area contributed by atoms with Crippen molar-refractivity contribution in [1.82, 2.24) is 0 Å². The highest BCUT2D eigenvalue weighted by atomic mass is 19.2. The number of carbonyl (C=O) groups is 2. The van der Waals surface area contributed by atoms with Crippen LogP contribution in [-0.2, 0) is 19.1 Å². The maximum atomic E-state index is 14.9. The summed E-state index contributed by atoms with van der Waals surface area (Å²) in [6.07, 6.45) is 5.54. The van der Waals surface area contributed by atoms with E-state index in [1.807, 2.05) is 0 Å². The van der Waals surface area contributed by atoms with E-state index in [-0.39, 0.29) is 11.1 Å². The minimum absolute atomic E-state index is 0.131. The number of ether oxygens (including phenoxy) is 4. The molecule has 0 atom stereocenters. The summed E-state index contributed by atoms with van der Waals surface area (Å²) in [5.74, 6) is -7.34. The van der Waals surface area contributed by atoms with Crippen LogP contribution in [0.15, 0.2) is 98.9 Å². The average Bonchev–Trinajstić information content (AvgIpc) is 2.93. The molecule has 0 fully saturated rings. The zero-order valence-electron chi connectivity index (χ0n) is 19.5. The molecule has 0 aromatic heterocycles. The summed E-state index contributed by atoms with van der Waals surface area (Å²) in [4.78, 5) is 21.9. The Morgan fingerprint density at radius 1 is 0.579 bits per heavy atom. The van der Waals surface area contributed by atoms with E-state index in [2.05, 4.69) is 22.6 Å². The lowest BCUT2D eigenvalue weighted by Crippen LogP contribution is -1.99. The van der Waals surface area contributed by atoms with Gasteiger partial charge in [-0.3, -0.25) is 0 Å². The molecule has 10 heteroatoms. The highest BCUT2D eigenvalue weighted by Crippen LogP contribution is 2.35. The molecule has 3 aromatic rings. The zero-order chi connectivity index (χ0) is 27.7. The van der Waals surface area contributed by atoms with Crippen LogP contribution in [0.3, 0.4) is 0 Å². The molecule has 0 saturated heterocycles. The molecule has 0 aliphatic rings. The number of rotatable bonds is 10. The Morgan fingerprint density at radius 2 is 1.05 bits per heavy atom. The lowest BCUT2D eigenvalue weighted by atomic mass is 9.98. The molecule has 3 rings (SSSR count). The van der Waals surface area contributed by atoms with Gasteiger partial charge in [-0.05, 0) is 29.8 Å². The second-order valence-corrected chi connectivity index (χ2v) is 7.11. The third kappa shape index (κ3) is 6.55. The summed E-state index contributed by atoms with van der Waals surface area (Å²) in [6.45, 7) is 6.42. The van der Waals surface area contributed by atoms with E-state index in [9.17, 15) is 27.2 Å². The van der Waals surface area contributed by atoms with Crippen molar-refractivity contribution in [3.8, 4) is 33.8 Å². The Balaban J connectivity index is 1.79. The summed E-state index contributed by atoms with van der Waals surface area (Å²) in [7, 11) is 0. The summed E-state index contributed by atoms with van der Waals surface area (Å²) in [5.41, 5.74) is -0.897. The van der Waals surface area contributed by atoms with Gasteiger partial charge in [0.15, 0.2) is 23.2 Å². The molecule has 0 N–H and O–H groups in total. The van der Waals surface area contributed by atoms with Gasteiger partial charge in [0.2, 0.25) is 5.82 Å². The van der Waals surface area contributed by atoms with E-state index in [0.717, 1.165) is 55.4 Å². The smallest absolute Gasteiger partial charge is 0.335 e. The minimum Gasteiger partial charge on any atom is -0.462 e. The maximum absolute atomic E-state index is 14.9. The minimum atomic E-state index is -1.47. The third-order valence-electron chi connectivity index (χ3n) is 4.80. The Morgan fingerprint density at radius 3 is 1.63 bits per heavy atom. The van der Waals surface area contributed by atoms with Crippen LogP contribution in [0.4, 0.5) is 17.6 Å². The Bertz CT molecular complexity index is 1430. The number of halogens is 4. The van der Waals surface area contributed by atoms with Gasteiger partial charge in [0.05, 0.1) is 0 Å². The third-order valence-corrected chi connectivity index (χ3v) is 4.80. The van der Waals surface area contributed by atoms with Crippen LogP contribution in [0.5, 0.6) is 11.5 Å². The van der Waals surface area contributed by atoms with E-state index < -0.39 is 52.1 Å². The van der Waals surface area contributed by atoms with Crippen molar-refractivity contribution < 1.29 is 46.1 Å². The normalized spacial score (nSPS) is 10.8. The summed E-state index contributed by atoms with van der Waals surface area (Å²) >= 11 is 0. The monoisotopic (exact) mass is 526 g/mol. The highest BCUT2D eigenvalue weighted by molar-refractivity contribution is 5.82. The molecule has 0 heterocycles. The first-order valence-electron chi connectivity index (χ1n) is 10.6. The first kappa shape index (κ1) is 27.5. The fraction of sp³-hybridized carbons (Fsp3) is 0. The second kappa shape index (κ2) is 12.7. The fourth-order valence-electron chi connectivity index (χ4n) is 3.02. The lowest BCUT2D eigenvalue weighted by Gasteiger charge is -2.12. The van der Waals surface area contributed by atoms with Gasteiger partial charge in [0.25, 0.3) is 0 Å². The molecule has 0 unspecified atom stereocenters. The van der Waals surface area contributed by atoms with Gasteiger partial charge in [0.1, 0.15) is 30.8 Å². The Kier molecular flexibility index (Phi) is 9.20. The first-order valence-corrected chi connectivity index (χ1v) is 10.6. The molecule has 0 amide bonds. The molecule has 38 heavy (non-hydrogen) atoms. The number of carbonyl (C=O) groups excluding carboxylic acids is 2. The molecular formula is C28H18F4O6. The average molecular weight is 526 g/mol. The summed E-state index contributed by atoms with van der Waals surface area (Å²) in [5, 5.41) is 0. The van der Waals surface area contributed by atoms with Crippen LogP contribution in [0.1, 0.15) is 0 Å². The Hall–Kier alpha value is -5.12. The molecule has 0 radical (unpaired) electrons. The molecule has 6 nitrogen and oxygen atoms in total. The standard InChI is InChI=1S/C28H18F4O6/c1-3-23(33)37-15-13-35-18-7-5-17(6-8-18)19-9-10-20(26(30)25(19)29)21-11-12-22(28(32)27(21)31)36-14-16-38-24(34)4-2/h3-16H,1-2H2/b15-13-,16-14-. The van der Waals surface area contributed by atoms with Crippen molar-refractivity contribution in [2.45, 2.75) is 0 Å². The van der Waals surface area contributed by atoms with Gasteiger partial charge in [-0.1, -0.05) is 37.4 Å². The number of hydrogen-bond donors (Lipinski definition) is 0. The van der Waals surface area contributed by atoms with Crippen molar-refractivity contribution >= 4 is 11.9 Å². The van der Waals surface area contributed by atoms with E-state index in [4.69, 9.17) is 9.47 Å². The SMILES string of the molecule is C=CC(=O)O/C=C\Oc1ccc(-c2ccc(-c3ccc(O/C=C\OC(=O)C=C)c(F)c3F)c(F)c2F)cc1. The predicted octanol–water partition coefficient (Wildman–Crippen LogP) is 6.74. The highest BCUT2D eigenvalue weighted by Gasteiger charge is 2.21. The topological polar surface area (TPSA) is 71.1 Å². The largest absolute Gasteiger partial charge is 0.462 e. The molecule has 0 spiro atoms. The molecule has 0 aliphatic carbocycles. The van der Waals surface area contributed by atoms with Crippen molar-refractivity contribution in [2.75, 3.05) is 0 Å². The van der Waals surface area contributed by atoms with Crippen LogP contribution in [0.2, 0.25) is 0 Å². The number of hydrogen-bond acceptors (Lipinski definition) is 6. The van der Waals surface area contributed by atoms with Gasteiger partial charge in [-0.2, -0.15) is 4.39 Å². The first-order chi connectivity index (χ1) is 18.3. The van der Waals surface area contributed by atoms with E-state index in [0.29, 0.717) is 5.75 Å². The van der Waals surface area contributed by atoms with E-state index in [1.165, 1.54) is 30.3 Å². The second-order valence-electron chi connectivity index (χ2n) is 7.11. The fourth-order valence-corrected chi connectivity index (χ4v) is 3.02. The molecule has 194 valence electrons. The van der Waals surface area contributed by atoms with Crippen LogP contribution >= 0.6 is 0 Å². The lowest BCUT2D eigenvalue weighted by molar-refractivity contribution is -0.133. The van der Waals surface area contributed by atoms with Gasteiger partial charge < -0.3 is 18.9 Å². The van der Waals surface area contributed by atoms with Gasteiger partial charge >= 0.3 is 11.9 Å².